The molecule has 6 rings (SSSR count). The fraction of sp³-hybridized carbons (Fsp3) is 0.307. The number of carbonyl (C=O) groups is 4. The number of hydrogen-bond donors (Lipinski definition) is 0. The second-order valence-electron chi connectivity index (χ2n) is 22.1. The predicted molar refractivity (Wildman–Crippen MR) is 352 cm³/mol. The van der Waals surface area contributed by atoms with E-state index in [1.807, 2.05) is 18.2 Å². The standard InChI is InChI=1S/C75H84O14/c1-50(2)16-13-19-53(7)38-41-83-63-32-22-56(44-67(63)80-10)25-35-72(77)86-60-30-28-59(29-31-60)66-49-62(76)75-70(88-66)47-61(87-73(78)36-26-57-23-33-64(68(45-57)81-11)84-42-39-54(8)20-14-17-51(3)4)48-71(75)89-74(79)37-27-58-24-34-65(69(46-58)82-12)85-43-40-55(9)21-15-18-52(5)6/h16-18,22-40,44-48,66H,13-15,19-21,41-43,49H2,1-12H3/b35-25+,36-26+,37-27+,53-38+,54-39+,55-40+/t66-/m0/s1. The van der Waals surface area contributed by atoms with Gasteiger partial charge in [-0.15, -0.1) is 0 Å². The molecule has 1 aliphatic rings. The molecular weight excluding hydrogens is 1120 g/mol. The third-order valence-corrected chi connectivity index (χ3v) is 13.9. The zero-order valence-corrected chi connectivity index (χ0v) is 53.5. The molecule has 0 saturated heterocycles. The summed E-state index contributed by atoms with van der Waals surface area (Å²) >= 11 is 0. The Balaban J connectivity index is 1.16. The minimum Gasteiger partial charge on any atom is -0.493 e. The normalized spacial score (nSPS) is 13.3. The molecule has 0 aromatic heterocycles. The number of fused-ring (bicyclic) bond motifs is 1. The number of allylic oxidation sites excluding steroid dienone is 9. The highest BCUT2D eigenvalue weighted by molar-refractivity contribution is 6.04. The molecule has 1 atom stereocenters. The molecule has 0 fully saturated rings. The number of hydrogen-bond acceptors (Lipinski definition) is 14. The van der Waals surface area contributed by atoms with Crippen LogP contribution in [0.2, 0.25) is 0 Å². The van der Waals surface area contributed by atoms with Crippen molar-refractivity contribution in [3.05, 3.63) is 207 Å². The molecule has 468 valence electrons. The van der Waals surface area contributed by atoms with E-state index in [1.54, 1.807) is 92.1 Å². The lowest BCUT2D eigenvalue weighted by molar-refractivity contribution is -0.130. The summed E-state index contributed by atoms with van der Waals surface area (Å²) in [6, 6.07) is 25.1. The molecule has 0 N–H and O–H groups in total. The Labute approximate surface area is 525 Å². The summed E-state index contributed by atoms with van der Waals surface area (Å²) in [5, 5.41) is 0. The summed E-state index contributed by atoms with van der Waals surface area (Å²) in [5.41, 5.74) is 10.0. The van der Waals surface area contributed by atoms with Gasteiger partial charge in [-0.3, -0.25) is 4.79 Å². The number of methoxy groups -OCH3 is 3. The third kappa shape index (κ3) is 23.2. The fourth-order valence-corrected chi connectivity index (χ4v) is 9.02. The highest BCUT2D eigenvalue weighted by Crippen LogP contribution is 2.43. The van der Waals surface area contributed by atoms with Gasteiger partial charge in [0.15, 0.2) is 40.3 Å². The van der Waals surface area contributed by atoms with Gasteiger partial charge in [-0.25, -0.2) is 14.4 Å². The predicted octanol–water partition coefficient (Wildman–Crippen LogP) is 17.5. The lowest BCUT2D eigenvalue weighted by atomic mass is 9.95. The molecule has 5 aromatic carbocycles. The Bertz CT molecular complexity index is 3550. The first-order chi connectivity index (χ1) is 42.8. The van der Waals surface area contributed by atoms with E-state index >= 15 is 0 Å². The molecule has 0 spiro atoms. The highest BCUT2D eigenvalue weighted by atomic mass is 16.6. The van der Waals surface area contributed by atoms with E-state index < -0.39 is 29.8 Å². The van der Waals surface area contributed by atoms with Crippen molar-refractivity contribution in [1.29, 1.82) is 0 Å². The SMILES string of the molecule is COc1cc(/C=C/C(=O)Oc2ccc([C@@H]3CC(=O)c4c(OC(=O)/C=C/c5ccc(OC/C=C(\C)CCC=C(C)C)c(OC)c5)cc(OC(=O)/C=C/c5ccc(OC/C=C(\C)CCC=C(C)C)c(OC)c5)cc4O3)cc2)ccc1OC/C=C(\C)CCC=C(C)C. The molecular formula is C75H84O14. The Morgan fingerprint density at radius 3 is 1.20 bits per heavy atom. The minimum absolute atomic E-state index is 0.0124. The molecule has 1 aliphatic heterocycles. The summed E-state index contributed by atoms with van der Waals surface area (Å²) in [6.07, 6.45) is 26.0. The van der Waals surface area contributed by atoms with Crippen molar-refractivity contribution in [1.82, 2.24) is 0 Å². The van der Waals surface area contributed by atoms with Crippen molar-refractivity contribution in [2.75, 3.05) is 41.2 Å². The van der Waals surface area contributed by atoms with Crippen LogP contribution >= 0.6 is 0 Å². The van der Waals surface area contributed by atoms with Gasteiger partial charge in [-0.2, -0.15) is 0 Å². The molecule has 14 nitrogen and oxygen atoms in total. The molecule has 1 heterocycles. The van der Waals surface area contributed by atoms with E-state index in [0.717, 1.165) is 38.5 Å². The van der Waals surface area contributed by atoms with Crippen LogP contribution in [-0.4, -0.2) is 64.8 Å². The second kappa shape index (κ2) is 35.3. The van der Waals surface area contributed by atoms with Gasteiger partial charge in [0.2, 0.25) is 0 Å². The van der Waals surface area contributed by atoms with Crippen LogP contribution < -0.4 is 47.4 Å². The number of ether oxygens (including phenoxy) is 10. The summed E-state index contributed by atoms with van der Waals surface area (Å²) in [5.74, 6) is 0.491. The number of benzene rings is 5. The Morgan fingerprint density at radius 2 is 0.820 bits per heavy atom. The van der Waals surface area contributed by atoms with E-state index in [9.17, 15) is 19.2 Å². The lowest BCUT2D eigenvalue weighted by Gasteiger charge is -2.27. The van der Waals surface area contributed by atoms with Crippen molar-refractivity contribution in [3.63, 3.8) is 0 Å². The highest BCUT2D eigenvalue weighted by Gasteiger charge is 2.33. The minimum atomic E-state index is -0.826. The van der Waals surface area contributed by atoms with Crippen LogP contribution in [0.15, 0.2) is 179 Å². The summed E-state index contributed by atoms with van der Waals surface area (Å²) in [4.78, 5) is 54.4. The first kappa shape index (κ1) is 68.6. The van der Waals surface area contributed by atoms with E-state index in [0.29, 0.717) is 76.6 Å². The van der Waals surface area contributed by atoms with E-state index in [2.05, 4.69) is 86.6 Å². The zero-order chi connectivity index (χ0) is 64.2. The first-order valence-electron chi connectivity index (χ1n) is 29.8. The van der Waals surface area contributed by atoms with Gasteiger partial charge in [0.1, 0.15) is 54.5 Å². The largest absolute Gasteiger partial charge is 0.493 e. The Kier molecular flexibility index (Phi) is 27.2. The smallest absolute Gasteiger partial charge is 0.336 e. The number of carbonyl (C=O) groups excluding carboxylic acids is 4. The quantitative estimate of drug-likeness (QED) is 0.0178. The van der Waals surface area contributed by atoms with Crippen molar-refractivity contribution >= 4 is 41.9 Å². The third-order valence-electron chi connectivity index (χ3n) is 13.9. The maximum Gasteiger partial charge on any atom is 0.336 e. The van der Waals surface area contributed by atoms with Gasteiger partial charge < -0.3 is 47.4 Å². The molecule has 14 heteroatoms. The molecule has 0 radical (unpaired) electrons. The van der Waals surface area contributed by atoms with Crippen LogP contribution in [0.5, 0.6) is 57.5 Å². The van der Waals surface area contributed by atoms with Crippen molar-refractivity contribution in [3.8, 4) is 57.5 Å². The first-order valence-corrected chi connectivity index (χ1v) is 29.8. The molecule has 0 amide bonds. The van der Waals surface area contributed by atoms with Crippen LogP contribution in [0.1, 0.15) is 146 Å². The van der Waals surface area contributed by atoms with Gasteiger partial charge in [0.05, 0.1) is 27.8 Å². The van der Waals surface area contributed by atoms with Gasteiger partial charge in [-0.1, -0.05) is 82.0 Å². The fourth-order valence-electron chi connectivity index (χ4n) is 9.02. The monoisotopic (exact) mass is 1210 g/mol. The number of rotatable bonds is 31. The van der Waals surface area contributed by atoms with Crippen LogP contribution in [0.25, 0.3) is 18.2 Å². The Hall–Kier alpha value is -9.56. The molecule has 0 aliphatic carbocycles. The van der Waals surface area contributed by atoms with Crippen LogP contribution in [0.4, 0.5) is 0 Å². The number of ketones is 1. The lowest BCUT2D eigenvalue weighted by Crippen LogP contribution is -2.22. The van der Waals surface area contributed by atoms with E-state index in [-0.39, 0.29) is 35.0 Å². The number of esters is 3. The zero-order valence-electron chi connectivity index (χ0n) is 53.5. The van der Waals surface area contributed by atoms with E-state index in [4.69, 9.17) is 47.4 Å². The molecule has 0 saturated carbocycles. The summed E-state index contributed by atoms with van der Waals surface area (Å²) in [7, 11) is 4.63. The van der Waals surface area contributed by atoms with Crippen molar-refractivity contribution < 1.29 is 66.5 Å². The molecule has 89 heavy (non-hydrogen) atoms. The molecule has 0 unspecified atom stereocenters. The second-order valence-corrected chi connectivity index (χ2v) is 22.1. The van der Waals surface area contributed by atoms with Crippen molar-refractivity contribution in [2.45, 2.75) is 113 Å². The van der Waals surface area contributed by atoms with Crippen LogP contribution in [-0.2, 0) is 14.4 Å². The number of Topliss-reactive ketones (excluding diaryl/α,β-unsaturated/α-hetero) is 1. The topological polar surface area (TPSA) is 161 Å². The Morgan fingerprint density at radius 1 is 0.438 bits per heavy atom. The molecule has 0 bridgehead atoms. The van der Waals surface area contributed by atoms with E-state index in [1.165, 1.54) is 84.1 Å². The van der Waals surface area contributed by atoms with Crippen LogP contribution in [0.3, 0.4) is 0 Å². The summed E-state index contributed by atoms with van der Waals surface area (Å²) in [6.45, 7) is 19.9. The van der Waals surface area contributed by atoms with Gasteiger partial charge in [0, 0.05) is 30.4 Å². The van der Waals surface area contributed by atoms with Gasteiger partial charge >= 0.3 is 17.9 Å². The molecule has 5 aromatic rings. The van der Waals surface area contributed by atoms with Crippen LogP contribution in [0, 0.1) is 0 Å². The van der Waals surface area contributed by atoms with Gasteiger partial charge in [0.25, 0.3) is 0 Å². The van der Waals surface area contributed by atoms with Crippen molar-refractivity contribution in [2.24, 2.45) is 0 Å². The van der Waals surface area contributed by atoms with Gasteiger partial charge in [-0.05, 0) is 208 Å². The average molecular weight is 1210 g/mol. The maximum atomic E-state index is 14.2. The average Bonchev–Trinajstić information content (AvgIpc) is 0.917. The summed E-state index contributed by atoms with van der Waals surface area (Å²) < 4.78 is 58.5. The maximum absolute atomic E-state index is 14.2.